The first kappa shape index (κ1) is 26.8. The van der Waals surface area contributed by atoms with E-state index in [9.17, 15) is 13.2 Å². The molecule has 1 fully saturated rings. The molecule has 0 radical (unpaired) electrons. The van der Waals surface area contributed by atoms with Crippen LogP contribution in [0.2, 0.25) is 0 Å². The van der Waals surface area contributed by atoms with Gasteiger partial charge in [0.1, 0.15) is 12.4 Å². The smallest absolute Gasteiger partial charge is 0.401 e. The van der Waals surface area contributed by atoms with Gasteiger partial charge in [0, 0.05) is 38.3 Å². The summed E-state index contributed by atoms with van der Waals surface area (Å²) < 4.78 is 48.6. The lowest BCUT2D eigenvalue weighted by Crippen LogP contribution is -2.45. The molecule has 6 nitrogen and oxygen atoms in total. The quantitative estimate of drug-likeness (QED) is 0.216. The van der Waals surface area contributed by atoms with Gasteiger partial charge in [0.05, 0.1) is 19.7 Å². The van der Waals surface area contributed by atoms with Crippen LogP contribution < -0.4 is 15.4 Å². The average molecular weight is 544 g/mol. The molecular formula is C20H32F3IN4O2. The highest BCUT2D eigenvalue weighted by molar-refractivity contribution is 14.0. The number of halogens is 4. The maximum Gasteiger partial charge on any atom is 0.401 e. The average Bonchev–Trinajstić information content (AvgIpc) is 3.06. The van der Waals surface area contributed by atoms with E-state index >= 15 is 0 Å². The monoisotopic (exact) mass is 544 g/mol. The van der Waals surface area contributed by atoms with Gasteiger partial charge in [0.15, 0.2) is 5.96 Å². The SMILES string of the molecule is CCNC(=NCc1ccc(C)cc1OCCOC)NC1CCN(CC(F)(F)F)C1.I. The van der Waals surface area contributed by atoms with Crippen molar-refractivity contribution in [3.63, 3.8) is 0 Å². The van der Waals surface area contributed by atoms with Crippen molar-refractivity contribution in [3.05, 3.63) is 29.3 Å². The van der Waals surface area contributed by atoms with Gasteiger partial charge in [-0.3, -0.25) is 4.90 Å². The Bertz CT molecular complexity index is 674. The number of hydrogen-bond acceptors (Lipinski definition) is 4. The van der Waals surface area contributed by atoms with Crippen LogP contribution in [0.3, 0.4) is 0 Å². The summed E-state index contributed by atoms with van der Waals surface area (Å²) in [6.07, 6.45) is -3.52. The Morgan fingerprint density at radius 3 is 2.73 bits per heavy atom. The fourth-order valence-electron chi connectivity index (χ4n) is 3.19. The van der Waals surface area contributed by atoms with E-state index in [1.807, 2.05) is 32.0 Å². The molecule has 1 aromatic rings. The van der Waals surface area contributed by atoms with Gasteiger partial charge in [-0.25, -0.2) is 4.99 Å². The molecular weight excluding hydrogens is 512 g/mol. The summed E-state index contributed by atoms with van der Waals surface area (Å²) in [5.41, 5.74) is 2.03. The topological polar surface area (TPSA) is 58.1 Å². The van der Waals surface area contributed by atoms with Gasteiger partial charge in [0.25, 0.3) is 0 Å². The number of rotatable bonds is 9. The first-order valence-electron chi connectivity index (χ1n) is 9.86. The fraction of sp³-hybridized carbons (Fsp3) is 0.650. The molecule has 2 N–H and O–H groups in total. The second-order valence-electron chi connectivity index (χ2n) is 7.13. The molecule has 30 heavy (non-hydrogen) atoms. The number of methoxy groups -OCH3 is 1. The van der Waals surface area contributed by atoms with Crippen LogP contribution in [0, 0.1) is 6.92 Å². The summed E-state index contributed by atoms with van der Waals surface area (Å²) in [5, 5.41) is 6.42. The van der Waals surface area contributed by atoms with Gasteiger partial charge in [-0.2, -0.15) is 13.2 Å². The zero-order chi connectivity index (χ0) is 21.3. The Kier molecular flexibility index (Phi) is 11.8. The molecule has 10 heteroatoms. The van der Waals surface area contributed by atoms with E-state index < -0.39 is 12.7 Å². The Labute approximate surface area is 193 Å². The molecule has 0 spiro atoms. The summed E-state index contributed by atoms with van der Waals surface area (Å²) in [7, 11) is 1.62. The van der Waals surface area contributed by atoms with E-state index in [-0.39, 0.29) is 30.0 Å². The molecule has 0 amide bonds. The molecule has 0 bridgehead atoms. The third-order valence-corrected chi connectivity index (χ3v) is 4.54. The number of guanidine groups is 1. The van der Waals surface area contributed by atoms with Crippen LogP contribution in [0.15, 0.2) is 23.2 Å². The minimum atomic E-state index is -4.17. The molecule has 1 aliphatic rings. The van der Waals surface area contributed by atoms with Crippen LogP contribution in [-0.2, 0) is 11.3 Å². The van der Waals surface area contributed by atoms with E-state index in [1.54, 1.807) is 7.11 Å². The normalized spacial score (nSPS) is 17.5. The van der Waals surface area contributed by atoms with Gasteiger partial charge >= 0.3 is 6.18 Å². The highest BCUT2D eigenvalue weighted by Crippen LogP contribution is 2.22. The summed E-state index contributed by atoms with van der Waals surface area (Å²) in [4.78, 5) is 6.03. The second kappa shape index (κ2) is 13.2. The van der Waals surface area contributed by atoms with Gasteiger partial charge < -0.3 is 20.1 Å². The molecule has 1 heterocycles. The van der Waals surface area contributed by atoms with Crippen molar-refractivity contribution in [1.82, 2.24) is 15.5 Å². The molecule has 172 valence electrons. The number of hydrogen-bond donors (Lipinski definition) is 2. The van der Waals surface area contributed by atoms with Gasteiger partial charge in [0.2, 0.25) is 0 Å². The van der Waals surface area contributed by atoms with E-state index in [0.717, 1.165) is 16.9 Å². The van der Waals surface area contributed by atoms with E-state index in [2.05, 4.69) is 15.6 Å². The third-order valence-electron chi connectivity index (χ3n) is 4.54. The minimum absolute atomic E-state index is 0. The lowest BCUT2D eigenvalue weighted by atomic mass is 10.1. The molecule has 1 aromatic carbocycles. The number of nitrogens with zero attached hydrogens (tertiary/aromatic N) is 2. The number of aryl methyl sites for hydroxylation is 1. The van der Waals surface area contributed by atoms with Crippen LogP contribution in [0.5, 0.6) is 5.75 Å². The van der Waals surface area contributed by atoms with E-state index in [1.165, 1.54) is 4.90 Å². The summed E-state index contributed by atoms with van der Waals surface area (Å²) in [5.74, 6) is 1.36. The minimum Gasteiger partial charge on any atom is -0.491 e. The first-order chi connectivity index (χ1) is 13.8. The second-order valence-corrected chi connectivity index (χ2v) is 7.13. The number of likely N-dealkylation sites (tertiary alicyclic amines) is 1. The van der Waals surface area contributed by atoms with E-state index in [4.69, 9.17) is 9.47 Å². The van der Waals surface area contributed by atoms with Gasteiger partial charge in [-0.1, -0.05) is 12.1 Å². The van der Waals surface area contributed by atoms with Crippen LogP contribution in [0.25, 0.3) is 0 Å². The zero-order valence-corrected chi connectivity index (χ0v) is 20.0. The Balaban J connectivity index is 0.00000450. The van der Waals surface area contributed by atoms with Crippen LogP contribution in [0.1, 0.15) is 24.5 Å². The Morgan fingerprint density at radius 1 is 1.30 bits per heavy atom. The lowest BCUT2D eigenvalue weighted by molar-refractivity contribution is -0.143. The standard InChI is InChI=1S/C20H31F3N4O2.HI/c1-4-24-19(26-17-7-8-27(13-17)14-20(21,22)23)25-12-16-6-5-15(2)11-18(16)29-10-9-28-3;/h5-6,11,17H,4,7-10,12-14H2,1-3H3,(H2,24,25,26);1H. The number of nitrogens with one attached hydrogen (secondary N) is 2. The number of benzene rings is 1. The molecule has 2 rings (SSSR count). The molecule has 1 aliphatic heterocycles. The predicted octanol–water partition coefficient (Wildman–Crippen LogP) is 3.33. The van der Waals surface area contributed by atoms with Crippen molar-refractivity contribution in [3.8, 4) is 5.75 Å². The third kappa shape index (κ3) is 9.69. The number of alkyl halides is 3. The molecule has 1 unspecified atom stereocenters. The van der Waals surface area contributed by atoms with Gasteiger partial charge in [-0.15, -0.1) is 24.0 Å². The first-order valence-corrected chi connectivity index (χ1v) is 9.86. The fourth-order valence-corrected chi connectivity index (χ4v) is 3.19. The number of ether oxygens (including phenoxy) is 2. The maximum atomic E-state index is 12.6. The largest absolute Gasteiger partial charge is 0.491 e. The summed E-state index contributed by atoms with van der Waals surface area (Å²) in [6, 6.07) is 5.88. The lowest BCUT2D eigenvalue weighted by Gasteiger charge is -2.20. The highest BCUT2D eigenvalue weighted by atomic mass is 127. The van der Waals surface area contributed by atoms with E-state index in [0.29, 0.717) is 51.8 Å². The molecule has 0 aromatic heterocycles. The Morgan fingerprint density at radius 2 is 2.07 bits per heavy atom. The molecule has 1 atom stereocenters. The van der Waals surface area contributed by atoms with Crippen molar-refractivity contribution < 1.29 is 22.6 Å². The van der Waals surface area contributed by atoms with Crippen molar-refractivity contribution in [2.24, 2.45) is 4.99 Å². The molecule has 0 saturated carbocycles. The summed E-state index contributed by atoms with van der Waals surface area (Å²) >= 11 is 0. The molecule has 0 aliphatic carbocycles. The molecule has 1 saturated heterocycles. The van der Waals surface area contributed by atoms with Crippen LogP contribution in [-0.4, -0.2) is 69.6 Å². The van der Waals surface area contributed by atoms with Crippen molar-refractivity contribution in [2.45, 2.75) is 39.0 Å². The summed E-state index contributed by atoms with van der Waals surface area (Å²) in [6.45, 7) is 5.85. The predicted molar refractivity (Wildman–Crippen MR) is 123 cm³/mol. The van der Waals surface area contributed by atoms with Crippen molar-refractivity contribution in [1.29, 1.82) is 0 Å². The van der Waals surface area contributed by atoms with Crippen LogP contribution >= 0.6 is 24.0 Å². The zero-order valence-electron chi connectivity index (χ0n) is 17.7. The van der Waals surface area contributed by atoms with Crippen LogP contribution in [0.4, 0.5) is 13.2 Å². The highest BCUT2D eigenvalue weighted by Gasteiger charge is 2.34. The maximum absolute atomic E-state index is 12.6. The van der Waals surface area contributed by atoms with Crippen molar-refractivity contribution in [2.75, 3.05) is 46.5 Å². The Hall–Kier alpha value is -1.27. The van der Waals surface area contributed by atoms with Gasteiger partial charge in [-0.05, 0) is 31.9 Å². The number of aliphatic imine (C=N–C) groups is 1. The van der Waals surface area contributed by atoms with Crippen molar-refractivity contribution >= 4 is 29.9 Å².